The molecule has 31 heavy (non-hydrogen) atoms. The van der Waals surface area contributed by atoms with Gasteiger partial charge in [0.25, 0.3) is 5.91 Å². The van der Waals surface area contributed by atoms with Crippen molar-refractivity contribution in [3.8, 4) is 0 Å². The van der Waals surface area contributed by atoms with Crippen molar-refractivity contribution in [2.45, 2.75) is 70.7 Å². The molecular weight excluding hydrogens is 404 g/mol. The van der Waals surface area contributed by atoms with Crippen LogP contribution in [0.1, 0.15) is 52.0 Å². The van der Waals surface area contributed by atoms with Gasteiger partial charge in [-0.1, -0.05) is 30.3 Å². The van der Waals surface area contributed by atoms with Crippen molar-refractivity contribution >= 4 is 29.8 Å². The molecule has 9 heteroatoms. The van der Waals surface area contributed by atoms with E-state index in [1.165, 1.54) is 0 Å². The van der Waals surface area contributed by atoms with E-state index in [4.69, 9.17) is 9.47 Å². The largest absolute Gasteiger partial charge is 0.459 e. The van der Waals surface area contributed by atoms with E-state index in [0.29, 0.717) is 0 Å². The standard InChI is InChI=1S/C22H26N2O7/c1-22(2,3)31-21(29)24-15(9-11-18(24)26)19(27)23-16(10-12-17(23)25)20(28)30-13-14-7-5-4-6-8-14/h4-8,15-16H,9-13H2,1-3H3/t15-,16-/m0/s1. The van der Waals surface area contributed by atoms with Gasteiger partial charge in [0.15, 0.2) is 0 Å². The van der Waals surface area contributed by atoms with E-state index < -0.39 is 47.5 Å². The highest BCUT2D eigenvalue weighted by molar-refractivity contribution is 6.08. The van der Waals surface area contributed by atoms with Crippen LogP contribution in [0.25, 0.3) is 0 Å². The summed E-state index contributed by atoms with van der Waals surface area (Å²) in [6, 6.07) is 6.76. The molecule has 166 valence electrons. The van der Waals surface area contributed by atoms with Gasteiger partial charge in [0.05, 0.1) is 0 Å². The highest BCUT2D eigenvalue weighted by Crippen LogP contribution is 2.28. The first kappa shape index (κ1) is 22.5. The second-order valence-corrected chi connectivity index (χ2v) is 8.55. The number of benzene rings is 1. The van der Waals surface area contributed by atoms with Gasteiger partial charge < -0.3 is 9.47 Å². The summed E-state index contributed by atoms with van der Waals surface area (Å²) in [5.74, 6) is -2.55. The lowest BCUT2D eigenvalue weighted by atomic mass is 10.1. The number of carbonyl (C=O) groups is 5. The van der Waals surface area contributed by atoms with Gasteiger partial charge in [-0.2, -0.15) is 0 Å². The van der Waals surface area contributed by atoms with Crippen molar-refractivity contribution in [2.75, 3.05) is 0 Å². The molecule has 2 atom stereocenters. The molecule has 4 amide bonds. The third-order valence-electron chi connectivity index (χ3n) is 5.03. The Labute approximate surface area is 180 Å². The van der Waals surface area contributed by atoms with E-state index in [2.05, 4.69) is 0 Å². The van der Waals surface area contributed by atoms with Crippen molar-refractivity contribution in [2.24, 2.45) is 0 Å². The van der Waals surface area contributed by atoms with E-state index in [1.807, 2.05) is 6.07 Å². The second-order valence-electron chi connectivity index (χ2n) is 8.55. The van der Waals surface area contributed by atoms with Crippen LogP contribution in [0.5, 0.6) is 0 Å². The Balaban J connectivity index is 1.73. The lowest BCUT2D eigenvalue weighted by Gasteiger charge is -2.30. The Kier molecular flexibility index (Phi) is 6.42. The Hall–Kier alpha value is -3.23. The number of likely N-dealkylation sites (tertiary alicyclic amines) is 2. The van der Waals surface area contributed by atoms with E-state index >= 15 is 0 Å². The molecule has 0 unspecified atom stereocenters. The zero-order chi connectivity index (χ0) is 22.8. The summed E-state index contributed by atoms with van der Waals surface area (Å²) in [7, 11) is 0. The zero-order valence-corrected chi connectivity index (χ0v) is 17.8. The first-order valence-electron chi connectivity index (χ1n) is 10.2. The molecule has 0 saturated carbocycles. The summed E-state index contributed by atoms with van der Waals surface area (Å²) in [5.41, 5.74) is -0.0867. The number of hydrogen-bond acceptors (Lipinski definition) is 7. The number of amides is 4. The molecule has 1 aromatic carbocycles. The second kappa shape index (κ2) is 8.87. The maximum absolute atomic E-state index is 13.2. The lowest BCUT2D eigenvalue weighted by molar-refractivity contribution is -0.160. The smallest absolute Gasteiger partial charge is 0.417 e. The first-order valence-corrected chi connectivity index (χ1v) is 10.2. The molecule has 0 bridgehead atoms. The van der Waals surface area contributed by atoms with Crippen molar-refractivity contribution in [3.63, 3.8) is 0 Å². The molecule has 0 spiro atoms. The summed E-state index contributed by atoms with van der Waals surface area (Å²) in [6.45, 7) is 4.94. The number of esters is 1. The Morgan fingerprint density at radius 1 is 0.935 bits per heavy atom. The number of hydrogen-bond donors (Lipinski definition) is 0. The van der Waals surface area contributed by atoms with Crippen LogP contribution < -0.4 is 0 Å². The minimum absolute atomic E-state index is 0.00392. The fraction of sp³-hybridized carbons (Fsp3) is 0.500. The molecule has 9 nitrogen and oxygen atoms in total. The van der Waals surface area contributed by atoms with Crippen molar-refractivity contribution < 1.29 is 33.4 Å². The predicted octanol–water partition coefficient (Wildman–Crippen LogP) is 2.17. The van der Waals surface area contributed by atoms with Crippen molar-refractivity contribution in [1.82, 2.24) is 9.80 Å². The van der Waals surface area contributed by atoms with Gasteiger partial charge in [-0.05, 0) is 39.2 Å². The molecule has 3 rings (SSSR count). The zero-order valence-electron chi connectivity index (χ0n) is 17.8. The third kappa shape index (κ3) is 5.10. The van der Waals surface area contributed by atoms with Gasteiger partial charge >= 0.3 is 12.1 Å². The first-order chi connectivity index (χ1) is 14.6. The Morgan fingerprint density at radius 2 is 1.52 bits per heavy atom. The lowest BCUT2D eigenvalue weighted by Crippen LogP contribution is -2.54. The van der Waals surface area contributed by atoms with Crippen LogP contribution in [-0.2, 0) is 35.3 Å². The monoisotopic (exact) mass is 430 g/mol. The normalized spacial score (nSPS) is 21.4. The maximum atomic E-state index is 13.2. The van der Waals surface area contributed by atoms with Crippen LogP contribution in [0.15, 0.2) is 30.3 Å². The number of nitrogens with zero attached hydrogens (tertiary/aromatic N) is 2. The molecule has 2 aliphatic rings. The molecule has 2 fully saturated rings. The topological polar surface area (TPSA) is 110 Å². The van der Waals surface area contributed by atoms with E-state index in [9.17, 15) is 24.0 Å². The highest BCUT2D eigenvalue weighted by Gasteiger charge is 2.49. The SMILES string of the molecule is CC(C)(C)OC(=O)N1C(=O)CC[C@H]1C(=O)N1C(=O)CC[C@H]1C(=O)OCc1ccccc1. The average Bonchev–Trinajstić information content (AvgIpc) is 3.28. The quantitative estimate of drug-likeness (QED) is 0.532. The minimum Gasteiger partial charge on any atom is -0.459 e. The van der Waals surface area contributed by atoms with Crippen molar-refractivity contribution in [1.29, 1.82) is 0 Å². The van der Waals surface area contributed by atoms with Gasteiger partial charge in [-0.25, -0.2) is 14.5 Å². The predicted molar refractivity (Wildman–Crippen MR) is 107 cm³/mol. The van der Waals surface area contributed by atoms with Crippen LogP contribution in [-0.4, -0.2) is 57.3 Å². The number of rotatable bonds is 4. The molecule has 0 aliphatic carbocycles. The fourth-order valence-electron chi connectivity index (χ4n) is 3.63. The Morgan fingerprint density at radius 3 is 2.13 bits per heavy atom. The van der Waals surface area contributed by atoms with Crippen molar-refractivity contribution in [3.05, 3.63) is 35.9 Å². The van der Waals surface area contributed by atoms with Gasteiger partial charge in [0, 0.05) is 12.8 Å². The number of imide groups is 2. The molecule has 1 aromatic rings. The van der Waals surface area contributed by atoms with Crippen LogP contribution in [0.2, 0.25) is 0 Å². The molecule has 2 heterocycles. The van der Waals surface area contributed by atoms with Gasteiger partial charge in [-0.15, -0.1) is 0 Å². The molecule has 2 aliphatic heterocycles. The Bertz CT molecular complexity index is 891. The van der Waals surface area contributed by atoms with Gasteiger partial charge in [0.1, 0.15) is 24.3 Å². The molecular formula is C22H26N2O7. The molecule has 2 saturated heterocycles. The van der Waals surface area contributed by atoms with Gasteiger partial charge in [-0.3, -0.25) is 19.3 Å². The fourth-order valence-corrected chi connectivity index (χ4v) is 3.63. The molecule has 0 N–H and O–H groups in total. The maximum Gasteiger partial charge on any atom is 0.417 e. The highest BCUT2D eigenvalue weighted by atomic mass is 16.6. The third-order valence-corrected chi connectivity index (χ3v) is 5.03. The summed E-state index contributed by atoms with van der Waals surface area (Å²) in [4.78, 5) is 64.6. The van der Waals surface area contributed by atoms with E-state index in [1.54, 1.807) is 45.0 Å². The van der Waals surface area contributed by atoms with E-state index in [-0.39, 0.29) is 32.3 Å². The van der Waals surface area contributed by atoms with Crippen LogP contribution >= 0.6 is 0 Å². The van der Waals surface area contributed by atoms with E-state index in [0.717, 1.165) is 15.4 Å². The summed E-state index contributed by atoms with van der Waals surface area (Å²) in [6.07, 6.45) is -0.772. The minimum atomic E-state index is -1.19. The van der Waals surface area contributed by atoms with Gasteiger partial charge in [0.2, 0.25) is 11.8 Å². The average molecular weight is 430 g/mol. The summed E-state index contributed by atoms with van der Waals surface area (Å²) < 4.78 is 10.6. The summed E-state index contributed by atoms with van der Waals surface area (Å²) >= 11 is 0. The molecule has 0 radical (unpaired) electrons. The summed E-state index contributed by atoms with van der Waals surface area (Å²) in [5, 5.41) is 0. The molecule has 0 aromatic heterocycles. The van der Waals surface area contributed by atoms with Crippen LogP contribution in [0, 0.1) is 0 Å². The number of carbonyl (C=O) groups excluding carboxylic acids is 5. The number of ether oxygens (including phenoxy) is 2. The van der Waals surface area contributed by atoms with Crippen LogP contribution in [0.3, 0.4) is 0 Å². The van der Waals surface area contributed by atoms with Crippen LogP contribution in [0.4, 0.5) is 4.79 Å².